The van der Waals surface area contributed by atoms with Crippen molar-refractivity contribution in [2.24, 2.45) is 0 Å². The first-order valence-corrected chi connectivity index (χ1v) is 9.90. The summed E-state index contributed by atoms with van der Waals surface area (Å²) in [6.07, 6.45) is 4.72. The molecule has 1 aromatic heterocycles. The van der Waals surface area contributed by atoms with Gasteiger partial charge < -0.3 is 15.2 Å². The summed E-state index contributed by atoms with van der Waals surface area (Å²) in [5.74, 6) is 0.00448. The lowest BCUT2D eigenvalue weighted by atomic mass is 9.95. The Kier molecular flexibility index (Phi) is 4.99. The van der Waals surface area contributed by atoms with Crippen LogP contribution in [0.5, 0.6) is 0 Å². The van der Waals surface area contributed by atoms with Crippen LogP contribution in [-0.2, 0) is 12.8 Å². The normalized spacial score (nSPS) is 14.9. The molecule has 140 valence electrons. The van der Waals surface area contributed by atoms with E-state index in [4.69, 9.17) is 0 Å². The molecule has 4 nitrogen and oxygen atoms in total. The van der Waals surface area contributed by atoms with Crippen LogP contribution in [0.2, 0.25) is 0 Å². The van der Waals surface area contributed by atoms with Crippen LogP contribution in [0.4, 0.5) is 0 Å². The van der Waals surface area contributed by atoms with E-state index in [1.807, 2.05) is 12.1 Å². The lowest BCUT2D eigenvalue weighted by Crippen LogP contribution is -3.07. The van der Waals surface area contributed by atoms with E-state index in [2.05, 4.69) is 60.8 Å². The molecule has 2 aromatic carbocycles. The minimum absolute atomic E-state index is 0.00448. The van der Waals surface area contributed by atoms with Gasteiger partial charge in [-0.1, -0.05) is 30.3 Å². The molecular weight excluding hydrogens is 334 g/mol. The Morgan fingerprint density at radius 3 is 2.67 bits per heavy atom. The van der Waals surface area contributed by atoms with E-state index >= 15 is 0 Å². The van der Waals surface area contributed by atoms with E-state index in [1.165, 1.54) is 39.9 Å². The Hall–Kier alpha value is -2.59. The smallest absolute Gasteiger partial charge is 0.251 e. The molecule has 1 aliphatic carbocycles. The number of nitrogens with one attached hydrogen (secondary N) is 3. The van der Waals surface area contributed by atoms with Crippen LogP contribution in [0.25, 0.3) is 10.9 Å². The minimum Gasteiger partial charge on any atom is -0.358 e. The lowest BCUT2D eigenvalue weighted by molar-refractivity contribution is -0.890. The fourth-order valence-corrected chi connectivity index (χ4v) is 4.18. The Balaban J connectivity index is 1.52. The number of rotatable bonds is 5. The number of aryl methyl sites for hydroxylation is 2. The Labute approximate surface area is 160 Å². The van der Waals surface area contributed by atoms with Crippen molar-refractivity contribution in [1.82, 2.24) is 10.3 Å². The number of fused-ring (bicyclic) bond motifs is 3. The molecule has 4 rings (SSSR count). The predicted octanol–water partition coefficient (Wildman–Crippen LogP) is 2.66. The third-order valence-electron chi connectivity index (χ3n) is 5.73. The van der Waals surface area contributed by atoms with Gasteiger partial charge in [-0.25, -0.2) is 0 Å². The molecular formula is C23H28N3O+. The summed E-state index contributed by atoms with van der Waals surface area (Å²) in [4.78, 5) is 17.6. The molecule has 1 heterocycles. The van der Waals surface area contributed by atoms with Crippen LogP contribution in [-0.4, -0.2) is 31.5 Å². The number of benzene rings is 2. The average Bonchev–Trinajstić information content (AvgIpc) is 3.06. The Morgan fingerprint density at radius 2 is 1.89 bits per heavy atom. The summed E-state index contributed by atoms with van der Waals surface area (Å²) < 4.78 is 0. The second kappa shape index (κ2) is 7.57. The molecule has 3 N–H and O–H groups in total. The van der Waals surface area contributed by atoms with Crippen molar-refractivity contribution in [2.45, 2.75) is 31.7 Å². The topological polar surface area (TPSA) is 49.3 Å². The minimum atomic E-state index is 0.00448. The highest BCUT2D eigenvalue weighted by Gasteiger charge is 2.20. The van der Waals surface area contributed by atoms with Gasteiger partial charge in [-0.05, 0) is 49.4 Å². The van der Waals surface area contributed by atoms with Crippen molar-refractivity contribution < 1.29 is 9.69 Å². The van der Waals surface area contributed by atoms with Crippen LogP contribution in [0.3, 0.4) is 0 Å². The summed E-state index contributed by atoms with van der Waals surface area (Å²) in [6, 6.07) is 16.7. The summed E-state index contributed by atoms with van der Waals surface area (Å²) in [6.45, 7) is 0.620. The van der Waals surface area contributed by atoms with Crippen LogP contribution in [0.15, 0.2) is 48.5 Å². The van der Waals surface area contributed by atoms with Crippen LogP contribution in [0, 0.1) is 0 Å². The van der Waals surface area contributed by atoms with Gasteiger partial charge in [0.2, 0.25) is 0 Å². The summed E-state index contributed by atoms with van der Waals surface area (Å²) in [7, 11) is 4.25. The lowest BCUT2D eigenvalue weighted by Gasteiger charge is -2.22. The standard InChI is InChI=1S/C23H27N3O/c1-26(2)22(16-8-4-3-5-9-16)15-24-23(27)17-12-13-21-19(14-17)18-10-6-7-11-20(18)25-21/h3-5,8-9,12-14,22,25H,6-7,10-11,15H2,1-2H3,(H,24,27)/p+1/t22-/m0/s1. The first-order chi connectivity index (χ1) is 13.1. The third kappa shape index (κ3) is 3.62. The van der Waals surface area contributed by atoms with Gasteiger partial charge in [0.05, 0.1) is 20.6 Å². The van der Waals surface area contributed by atoms with E-state index in [9.17, 15) is 4.79 Å². The number of amides is 1. The van der Waals surface area contributed by atoms with Crippen molar-refractivity contribution in [2.75, 3.05) is 20.6 Å². The van der Waals surface area contributed by atoms with Crippen LogP contribution < -0.4 is 10.2 Å². The molecule has 3 aromatic rings. The quantitative estimate of drug-likeness (QED) is 0.642. The molecule has 27 heavy (non-hydrogen) atoms. The highest BCUT2D eigenvalue weighted by Crippen LogP contribution is 2.29. The van der Waals surface area contributed by atoms with Gasteiger partial charge in [0.15, 0.2) is 0 Å². The number of hydrogen-bond donors (Lipinski definition) is 3. The molecule has 0 radical (unpaired) electrons. The van der Waals surface area contributed by atoms with E-state index < -0.39 is 0 Å². The van der Waals surface area contributed by atoms with E-state index in [0.717, 1.165) is 23.9 Å². The monoisotopic (exact) mass is 362 g/mol. The number of carbonyl (C=O) groups is 1. The van der Waals surface area contributed by atoms with Crippen LogP contribution >= 0.6 is 0 Å². The average molecular weight is 362 g/mol. The van der Waals surface area contributed by atoms with Crippen molar-refractivity contribution in [1.29, 1.82) is 0 Å². The fraction of sp³-hybridized carbons (Fsp3) is 0.348. The number of quaternary nitrogens is 1. The maximum atomic E-state index is 12.8. The molecule has 1 atom stereocenters. The van der Waals surface area contributed by atoms with Crippen molar-refractivity contribution >= 4 is 16.8 Å². The molecule has 4 heteroatoms. The zero-order chi connectivity index (χ0) is 18.8. The molecule has 0 unspecified atom stereocenters. The molecule has 1 aliphatic rings. The first kappa shape index (κ1) is 17.8. The van der Waals surface area contributed by atoms with Crippen molar-refractivity contribution in [3.05, 3.63) is 70.9 Å². The fourth-order valence-electron chi connectivity index (χ4n) is 4.18. The molecule has 0 fully saturated rings. The molecule has 0 saturated heterocycles. The van der Waals surface area contributed by atoms with Gasteiger partial charge in [0.25, 0.3) is 5.91 Å². The number of aromatic nitrogens is 1. The van der Waals surface area contributed by atoms with Gasteiger partial charge in [-0.3, -0.25) is 4.79 Å². The zero-order valence-electron chi connectivity index (χ0n) is 16.1. The van der Waals surface area contributed by atoms with Gasteiger partial charge in [-0.2, -0.15) is 0 Å². The molecule has 1 amide bonds. The summed E-state index contributed by atoms with van der Waals surface area (Å²) >= 11 is 0. The molecule has 0 spiro atoms. The SMILES string of the molecule is C[NH+](C)[C@@H](CNC(=O)c1ccc2[nH]c3c(c2c1)CCCC3)c1ccccc1. The number of hydrogen-bond acceptors (Lipinski definition) is 1. The van der Waals surface area contributed by atoms with Gasteiger partial charge >= 0.3 is 0 Å². The second-order valence-corrected chi connectivity index (χ2v) is 7.80. The van der Waals surface area contributed by atoms with E-state index in [1.54, 1.807) is 0 Å². The Bertz CT molecular complexity index is 943. The first-order valence-electron chi connectivity index (χ1n) is 9.90. The Morgan fingerprint density at radius 1 is 1.11 bits per heavy atom. The van der Waals surface area contributed by atoms with Crippen molar-refractivity contribution in [3.63, 3.8) is 0 Å². The van der Waals surface area contributed by atoms with Crippen molar-refractivity contribution in [3.8, 4) is 0 Å². The molecule has 0 saturated carbocycles. The number of aromatic amines is 1. The second-order valence-electron chi connectivity index (χ2n) is 7.80. The summed E-state index contributed by atoms with van der Waals surface area (Å²) in [5, 5.41) is 4.36. The van der Waals surface area contributed by atoms with E-state index in [0.29, 0.717) is 6.54 Å². The van der Waals surface area contributed by atoms with Gasteiger partial charge in [0, 0.05) is 27.7 Å². The highest BCUT2D eigenvalue weighted by molar-refractivity contribution is 5.99. The van der Waals surface area contributed by atoms with Gasteiger partial charge in [-0.15, -0.1) is 0 Å². The largest absolute Gasteiger partial charge is 0.358 e. The maximum absolute atomic E-state index is 12.8. The summed E-state index contributed by atoms with van der Waals surface area (Å²) in [5.41, 5.74) is 5.90. The third-order valence-corrected chi connectivity index (χ3v) is 5.73. The maximum Gasteiger partial charge on any atom is 0.251 e. The zero-order valence-corrected chi connectivity index (χ0v) is 16.1. The van der Waals surface area contributed by atoms with E-state index in [-0.39, 0.29) is 11.9 Å². The number of likely N-dealkylation sites (N-methyl/N-ethyl adjacent to an activating group) is 1. The predicted molar refractivity (Wildman–Crippen MR) is 109 cm³/mol. The molecule has 0 aliphatic heterocycles. The molecule has 0 bridgehead atoms. The number of H-pyrrole nitrogens is 1. The van der Waals surface area contributed by atoms with Crippen LogP contribution in [0.1, 0.15) is 46.1 Å². The van der Waals surface area contributed by atoms with Gasteiger partial charge in [0.1, 0.15) is 6.04 Å². The highest BCUT2D eigenvalue weighted by atomic mass is 16.1. The number of carbonyl (C=O) groups excluding carboxylic acids is 1.